The van der Waals surface area contributed by atoms with Gasteiger partial charge in [-0.05, 0) is 26.3 Å². The fraction of sp³-hybridized carbons (Fsp3) is 0.526. The lowest BCUT2D eigenvalue weighted by atomic mass is 9.62. The molecular weight excluding hydrogens is 324 g/mol. The van der Waals surface area contributed by atoms with Crippen LogP contribution >= 0.6 is 0 Å². The number of rotatable bonds is 5. The molecule has 1 aliphatic carbocycles. The van der Waals surface area contributed by atoms with Gasteiger partial charge in [0.05, 0.1) is 24.7 Å². The molecule has 4 atom stereocenters. The summed E-state index contributed by atoms with van der Waals surface area (Å²) >= 11 is 0. The van der Waals surface area contributed by atoms with Crippen LogP contribution in [0, 0.1) is 11.8 Å². The van der Waals surface area contributed by atoms with E-state index in [1.165, 1.54) is 6.92 Å². The molecule has 0 spiro atoms. The van der Waals surface area contributed by atoms with Crippen molar-refractivity contribution < 1.29 is 29.0 Å². The summed E-state index contributed by atoms with van der Waals surface area (Å²) in [5, 5.41) is 10.8. The standard InChI is InChI=1S/C19H24O6/c1-4-24-17(21)15-13(20)11-19(3,23)16(18(22)25-5-2)14(15)12-9-7-6-8-10-12/h6-10,14-16,23H,4-5,11H2,1-3H3/t14-,15+,16-,19-/m1/s1. The minimum atomic E-state index is -1.60. The van der Waals surface area contributed by atoms with Crippen molar-refractivity contribution in [3.8, 4) is 0 Å². The van der Waals surface area contributed by atoms with Crippen molar-refractivity contribution in [2.75, 3.05) is 13.2 Å². The van der Waals surface area contributed by atoms with Crippen LogP contribution in [0.15, 0.2) is 30.3 Å². The lowest BCUT2D eigenvalue weighted by Crippen LogP contribution is -2.55. The predicted molar refractivity (Wildman–Crippen MR) is 89.7 cm³/mol. The molecule has 0 bridgehead atoms. The number of Topliss-reactive ketones (excluding diaryl/α,β-unsaturated/α-hetero) is 1. The van der Waals surface area contributed by atoms with Crippen molar-refractivity contribution in [3.63, 3.8) is 0 Å². The van der Waals surface area contributed by atoms with E-state index in [1.54, 1.807) is 44.2 Å². The number of benzene rings is 1. The van der Waals surface area contributed by atoms with E-state index in [0.29, 0.717) is 5.56 Å². The van der Waals surface area contributed by atoms with Gasteiger partial charge in [-0.1, -0.05) is 30.3 Å². The number of carbonyl (C=O) groups is 3. The Balaban J connectivity index is 2.57. The average Bonchev–Trinajstić information content (AvgIpc) is 2.54. The quantitative estimate of drug-likeness (QED) is 0.645. The monoisotopic (exact) mass is 348 g/mol. The third kappa shape index (κ3) is 3.90. The van der Waals surface area contributed by atoms with Gasteiger partial charge in [0.15, 0.2) is 5.78 Å². The minimum absolute atomic E-state index is 0.130. The minimum Gasteiger partial charge on any atom is -0.466 e. The molecule has 1 N–H and O–H groups in total. The fourth-order valence-corrected chi connectivity index (χ4v) is 3.55. The molecule has 6 nitrogen and oxygen atoms in total. The second kappa shape index (κ2) is 7.78. The Morgan fingerprint density at radius 2 is 1.68 bits per heavy atom. The molecule has 0 unspecified atom stereocenters. The highest BCUT2D eigenvalue weighted by molar-refractivity contribution is 6.02. The summed E-state index contributed by atoms with van der Waals surface area (Å²) in [5.74, 6) is -4.75. The third-order valence-electron chi connectivity index (χ3n) is 4.53. The maximum atomic E-state index is 12.6. The van der Waals surface area contributed by atoms with Crippen LogP contribution in [0.2, 0.25) is 0 Å². The van der Waals surface area contributed by atoms with Crippen LogP contribution in [0.4, 0.5) is 0 Å². The van der Waals surface area contributed by atoms with Crippen molar-refractivity contribution in [2.24, 2.45) is 11.8 Å². The first-order valence-corrected chi connectivity index (χ1v) is 8.46. The molecule has 0 radical (unpaired) electrons. The van der Waals surface area contributed by atoms with E-state index in [4.69, 9.17) is 9.47 Å². The molecule has 0 aliphatic heterocycles. The zero-order valence-electron chi connectivity index (χ0n) is 14.7. The number of ketones is 1. The van der Waals surface area contributed by atoms with Crippen LogP contribution in [-0.4, -0.2) is 41.6 Å². The Bertz CT molecular complexity index is 637. The molecule has 1 fully saturated rings. The summed E-state index contributed by atoms with van der Waals surface area (Å²) in [6.45, 7) is 5.03. The van der Waals surface area contributed by atoms with Crippen LogP contribution in [0.1, 0.15) is 38.7 Å². The molecule has 0 amide bonds. The molecule has 136 valence electrons. The largest absolute Gasteiger partial charge is 0.466 e. The van der Waals surface area contributed by atoms with Gasteiger partial charge in [0.25, 0.3) is 0 Å². The van der Waals surface area contributed by atoms with Crippen LogP contribution in [0.5, 0.6) is 0 Å². The number of aliphatic hydroxyl groups is 1. The zero-order valence-corrected chi connectivity index (χ0v) is 14.7. The smallest absolute Gasteiger partial charge is 0.317 e. The van der Waals surface area contributed by atoms with Crippen molar-refractivity contribution in [1.82, 2.24) is 0 Å². The first-order chi connectivity index (χ1) is 11.8. The van der Waals surface area contributed by atoms with Gasteiger partial charge in [-0.2, -0.15) is 0 Å². The topological polar surface area (TPSA) is 89.9 Å². The summed E-state index contributed by atoms with van der Waals surface area (Å²) in [4.78, 5) is 37.7. The Labute approximate surface area is 147 Å². The zero-order chi connectivity index (χ0) is 18.6. The molecule has 25 heavy (non-hydrogen) atoms. The average molecular weight is 348 g/mol. The van der Waals surface area contributed by atoms with E-state index < -0.39 is 41.1 Å². The van der Waals surface area contributed by atoms with Crippen molar-refractivity contribution >= 4 is 17.7 Å². The third-order valence-corrected chi connectivity index (χ3v) is 4.53. The number of hydrogen-bond donors (Lipinski definition) is 1. The molecule has 1 aromatic carbocycles. The summed E-state index contributed by atoms with van der Waals surface area (Å²) in [5.41, 5.74) is -0.987. The van der Waals surface area contributed by atoms with Gasteiger partial charge in [0, 0.05) is 12.3 Å². The van der Waals surface area contributed by atoms with Crippen LogP contribution in [-0.2, 0) is 23.9 Å². The van der Waals surface area contributed by atoms with Crippen molar-refractivity contribution in [2.45, 2.75) is 38.7 Å². The maximum absolute atomic E-state index is 12.6. The lowest BCUT2D eigenvalue weighted by Gasteiger charge is -2.43. The molecule has 1 aliphatic rings. The summed E-state index contributed by atoms with van der Waals surface area (Å²) in [6.07, 6.45) is -0.302. The highest BCUT2D eigenvalue weighted by Crippen LogP contribution is 2.46. The first-order valence-electron chi connectivity index (χ1n) is 8.46. The van der Waals surface area contributed by atoms with Crippen LogP contribution < -0.4 is 0 Å². The van der Waals surface area contributed by atoms with Crippen LogP contribution in [0.3, 0.4) is 0 Å². The highest BCUT2D eigenvalue weighted by atomic mass is 16.5. The van der Waals surface area contributed by atoms with Gasteiger partial charge in [0.1, 0.15) is 5.92 Å². The fourth-order valence-electron chi connectivity index (χ4n) is 3.55. The van der Waals surface area contributed by atoms with Crippen molar-refractivity contribution in [1.29, 1.82) is 0 Å². The van der Waals surface area contributed by atoms with E-state index in [2.05, 4.69) is 0 Å². The molecule has 1 saturated carbocycles. The Kier molecular flexibility index (Phi) is 5.95. The highest BCUT2D eigenvalue weighted by Gasteiger charge is 2.57. The molecule has 2 rings (SSSR count). The SMILES string of the molecule is CCOC(=O)[C@H]1C(=O)C[C@@](C)(O)[C@@H](C(=O)OCC)[C@@H]1c1ccccc1. The molecule has 1 aromatic rings. The van der Waals surface area contributed by atoms with Crippen molar-refractivity contribution in [3.05, 3.63) is 35.9 Å². The summed E-state index contributed by atoms with van der Waals surface area (Å²) in [6, 6.07) is 8.78. The van der Waals surface area contributed by atoms with Gasteiger partial charge in [-0.15, -0.1) is 0 Å². The van der Waals surface area contributed by atoms with E-state index in [1.807, 2.05) is 0 Å². The number of ether oxygens (including phenoxy) is 2. The van der Waals surface area contributed by atoms with Gasteiger partial charge in [-0.3, -0.25) is 14.4 Å². The van der Waals surface area contributed by atoms with Gasteiger partial charge in [0.2, 0.25) is 0 Å². The normalized spacial score (nSPS) is 29.1. The predicted octanol–water partition coefficient (Wildman–Crippen LogP) is 1.85. The van der Waals surface area contributed by atoms with E-state index in [9.17, 15) is 19.5 Å². The van der Waals surface area contributed by atoms with Gasteiger partial charge < -0.3 is 14.6 Å². The second-order valence-corrected chi connectivity index (χ2v) is 6.40. The van der Waals surface area contributed by atoms with E-state index >= 15 is 0 Å². The molecule has 0 heterocycles. The number of carbonyl (C=O) groups excluding carboxylic acids is 3. The lowest BCUT2D eigenvalue weighted by molar-refractivity contribution is -0.172. The summed E-state index contributed by atoms with van der Waals surface area (Å²) in [7, 11) is 0. The van der Waals surface area contributed by atoms with E-state index in [-0.39, 0.29) is 19.6 Å². The van der Waals surface area contributed by atoms with Crippen LogP contribution in [0.25, 0.3) is 0 Å². The number of esters is 2. The van der Waals surface area contributed by atoms with Gasteiger partial charge >= 0.3 is 11.9 Å². The first kappa shape index (κ1) is 19.1. The Morgan fingerprint density at radius 1 is 1.12 bits per heavy atom. The Hall–Kier alpha value is -2.21. The maximum Gasteiger partial charge on any atom is 0.317 e. The molecular formula is C19H24O6. The molecule has 0 saturated heterocycles. The number of hydrogen-bond acceptors (Lipinski definition) is 6. The molecule has 0 aromatic heterocycles. The Morgan fingerprint density at radius 3 is 2.24 bits per heavy atom. The van der Waals surface area contributed by atoms with E-state index in [0.717, 1.165) is 0 Å². The summed E-state index contributed by atoms with van der Waals surface area (Å²) < 4.78 is 10.2. The second-order valence-electron chi connectivity index (χ2n) is 6.40. The molecule has 6 heteroatoms. The van der Waals surface area contributed by atoms with Gasteiger partial charge in [-0.25, -0.2) is 0 Å².